The molecule has 9 heteroatoms. The average molecular weight is 384 g/mol. The van der Waals surface area contributed by atoms with Crippen LogP contribution in [0.25, 0.3) is 0 Å². The minimum Gasteiger partial charge on any atom is -0.487 e. The predicted octanol–water partition coefficient (Wildman–Crippen LogP) is 4.86. The summed E-state index contributed by atoms with van der Waals surface area (Å²) in [6.45, 7) is 0.165. The van der Waals surface area contributed by atoms with Crippen molar-refractivity contribution in [2.24, 2.45) is 7.05 Å². The fourth-order valence-electron chi connectivity index (χ4n) is 2.07. The van der Waals surface area contributed by atoms with Gasteiger partial charge in [0.2, 0.25) is 11.8 Å². The molecule has 2 heterocycles. The first-order chi connectivity index (χ1) is 12.3. The number of hydrogen-bond donors (Lipinski definition) is 0. The van der Waals surface area contributed by atoms with Gasteiger partial charge in [0, 0.05) is 24.2 Å². The number of aromatic nitrogens is 3. The van der Waals surface area contributed by atoms with E-state index in [9.17, 15) is 13.2 Å². The number of ether oxygens (including phenoxy) is 2. The van der Waals surface area contributed by atoms with E-state index < -0.39 is 11.9 Å². The van der Waals surface area contributed by atoms with Crippen molar-refractivity contribution < 1.29 is 22.6 Å². The highest BCUT2D eigenvalue weighted by atomic mass is 35.5. The molecular formula is C17H13ClF3N3O2. The van der Waals surface area contributed by atoms with Crippen LogP contribution in [0, 0.1) is 0 Å². The number of benzene rings is 1. The van der Waals surface area contributed by atoms with Crippen LogP contribution in [-0.4, -0.2) is 14.8 Å². The van der Waals surface area contributed by atoms with Gasteiger partial charge in [-0.05, 0) is 30.3 Å². The summed E-state index contributed by atoms with van der Waals surface area (Å²) in [7, 11) is 1.36. The van der Waals surface area contributed by atoms with Crippen LogP contribution in [0.2, 0.25) is 5.02 Å². The van der Waals surface area contributed by atoms with E-state index in [2.05, 4.69) is 10.1 Å². The van der Waals surface area contributed by atoms with Crippen LogP contribution in [0.4, 0.5) is 13.2 Å². The van der Waals surface area contributed by atoms with E-state index in [1.165, 1.54) is 13.1 Å². The SMILES string of the molecule is Cn1nc(C(F)(F)F)cc1Oc1cccc(COc2ccc(Cl)cc2)n1. The van der Waals surface area contributed by atoms with E-state index in [1.54, 1.807) is 36.4 Å². The molecule has 0 bridgehead atoms. The summed E-state index contributed by atoms with van der Waals surface area (Å²) >= 11 is 5.81. The van der Waals surface area contributed by atoms with E-state index in [-0.39, 0.29) is 18.4 Å². The summed E-state index contributed by atoms with van der Waals surface area (Å²) in [5.41, 5.74) is -0.479. The maximum absolute atomic E-state index is 12.7. The van der Waals surface area contributed by atoms with Crippen molar-refractivity contribution in [2.45, 2.75) is 12.8 Å². The lowest BCUT2D eigenvalue weighted by molar-refractivity contribution is -0.141. The Morgan fingerprint density at radius 3 is 2.50 bits per heavy atom. The van der Waals surface area contributed by atoms with E-state index in [0.29, 0.717) is 16.5 Å². The molecule has 3 rings (SSSR count). The average Bonchev–Trinajstić information content (AvgIpc) is 2.96. The number of pyridine rings is 1. The molecule has 0 fully saturated rings. The Morgan fingerprint density at radius 1 is 1.12 bits per heavy atom. The summed E-state index contributed by atoms with van der Waals surface area (Å²) in [5.74, 6) is 0.684. The molecule has 5 nitrogen and oxygen atoms in total. The van der Waals surface area contributed by atoms with Crippen LogP contribution in [-0.2, 0) is 19.8 Å². The zero-order chi connectivity index (χ0) is 18.7. The van der Waals surface area contributed by atoms with Crippen molar-refractivity contribution in [3.05, 3.63) is 64.9 Å². The maximum Gasteiger partial charge on any atom is 0.435 e. The van der Waals surface area contributed by atoms with E-state index >= 15 is 0 Å². The molecule has 0 saturated heterocycles. The Kier molecular flexibility index (Phi) is 5.03. The van der Waals surface area contributed by atoms with Crippen molar-refractivity contribution in [1.29, 1.82) is 0 Å². The fourth-order valence-corrected chi connectivity index (χ4v) is 2.20. The third kappa shape index (κ3) is 4.45. The highest BCUT2D eigenvalue weighted by Gasteiger charge is 2.35. The molecule has 0 N–H and O–H groups in total. The van der Waals surface area contributed by atoms with Crippen molar-refractivity contribution in [2.75, 3.05) is 0 Å². The lowest BCUT2D eigenvalue weighted by atomic mass is 10.3. The number of halogens is 4. The second-order valence-electron chi connectivity index (χ2n) is 5.30. The number of nitrogens with zero attached hydrogens (tertiary/aromatic N) is 3. The van der Waals surface area contributed by atoms with Gasteiger partial charge in [-0.2, -0.15) is 18.3 Å². The lowest BCUT2D eigenvalue weighted by Crippen LogP contribution is -2.06. The number of rotatable bonds is 5. The number of hydrogen-bond acceptors (Lipinski definition) is 4. The van der Waals surface area contributed by atoms with E-state index in [4.69, 9.17) is 21.1 Å². The minimum absolute atomic E-state index is 0.0689. The Morgan fingerprint density at radius 2 is 1.85 bits per heavy atom. The second kappa shape index (κ2) is 7.25. The molecule has 26 heavy (non-hydrogen) atoms. The zero-order valence-electron chi connectivity index (χ0n) is 13.5. The monoisotopic (exact) mass is 383 g/mol. The van der Waals surface area contributed by atoms with E-state index in [1.807, 2.05) is 0 Å². The Hall–Kier alpha value is -2.74. The van der Waals surface area contributed by atoms with Gasteiger partial charge in [0.1, 0.15) is 12.4 Å². The molecule has 0 aliphatic rings. The zero-order valence-corrected chi connectivity index (χ0v) is 14.3. The summed E-state index contributed by atoms with van der Waals surface area (Å²) in [6.07, 6.45) is -4.54. The van der Waals surface area contributed by atoms with Gasteiger partial charge in [-0.15, -0.1) is 0 Å². The molecular weight excluding hydrogens is 371 g/mol. The van der Waals surface area contributed by atoms with Gasteiger partial charge in [-0.25, -0.2) is 9.67 Å². The molecule has 0 radical (unpaired) electrons. The highest BCUT2D eigenvalue weighted by molar-refractivity contribution is 6.30. The van der Waals surface area contributed by atoms with Crippen molar-refractivity contribution in [1.82, 2.24) is 14.8 Å². The first-order valence-corrected chi connectivity index (χ1v) is 7.82. The maximum atomic E-state index is 12.7. The first-order valence-electron chi connectivity index (χ1n) is 7.44. The molecule has 2 aromatic heterocycles. The largest absolute Gasteiger partial charge is 0.487 e. The smallest absolute Gasteiger partial charge is 0.435 e. The number of alkyl halides is 3. The Bertz CT molecular complexity index is 895. The highest BCUT2D eigenvalue weighted by Crippen LogP contribution is 2.31. The van der Waals surface area contributed by atoms with Crippen LogP contribution in [0.3, 0.4) is 0 Å². The molecule has 1 aromatic carbocycles. The lowest BCUT2D eigenvalue weighted by Gasteiger charge is -2.08. The van der Waals surface area contributed by atoms with Crippen LogP contribution >= 0.6 is 11.6 Å². The van der Waals surface area contributed by atoms with Gasteiger partial charge in [0.25, 0.3) is 0 Å². The summed E-state index contributed by atoms with van der Waals surface area (Å²) < 4.78 is 50.1. The predicted molar refractivity (Wildman–Crippen MR) is 88.3 cm³/mol. The van der Waals surface area contributed by atoms with Gasteiger partial charge >= 0.3 is 6.18 Å². The van der Waals surface area contributed by atoms with Crippen molar-refractivity contribution in [3.63, 3.8) is 0 Å². The van der Waals surface area contributed by atoms with Crippen LogP contribution in [0.5, 0.6) is 17.5 Å². The Balaban J connectivity index is 1.69. The molecule has 0 aliphatic carbocycles. The van der Waals surface area contributed by atoms with E-state index in [0.717, 1.165) is 10.7 Å². The van der Waals surface area contributed by atoms with Crippen LogP contribution in [0.1, 0.15) is 11.4 Å². The fraction of sp³-hybridized carbons (Fsp3) is 0.176. The van der Waals surface area contributed by atoms with Crippen molar-refractivity contribution >= 4 is 11.6 Å². The topological polar surface area (TPSA) is 49.2 Å². The molecule has 136 valence electrons. The third-order valence-corrected chi connectivity index (χ3v) is 3.57. The molecule has 0 spiro atoms. The van der Waals surface area contributed by atoms with Gasteiger partial charge in [-0.3, -0.25) is 0 Å². The molecule has 0 aliphatic heterocycles. The summed E-state index contributed by atoms with van der Waals surface area (Å²) in [4.78, 5) is 4.22. The molecule has 3 aromatic rings. The summed E-state index contributed by atoms with van der Waals surface area (Å²) in [5, 5.41) is 3.98. The third-order valence-electron chi connectivity index (χ3n) is 3.32. The van der Waals surface area contributed by atoms with Gasteiger partial charge in [0.05, 0.1) is 5.69 Å². The van der Waals surface area contributed by atoms with Crippen molar-refractivity contribution in [3.8, 4) is 17.5 Å². The molecule has 0 unspecified atom stereocenters. The van der Waals surface area contributed by atoms with Gasteiger partial charge < -0.3 is 9.47 Å². The molecule has 0 saturated carbocycles. The van der Waals surface area contributed by atoms with Crippen LogP contribution in [0.15, 0.2) is 48.5 Å². The standard InChI is InChI=1S/C17H13ClF3N3O2/c1-24-16(9-14(23-24)17(19,20)21)26-15-4-2-3-12(22-15)10-25-13-7-5-11(18)6-8-13/h2-9H,10H2,1H3. The summed E-state index contributed by atoms with van der Waals surface area (Å²) in [6, 6.07) is 12.6. The minimum atomic E-state index is -4.54. The number of aryl methyl sites for hydroxylation is 1. The normalized spacial score (nSPS) is 11.4. The van der Waals surface area contributed by atoms with Crippen LogP contribution < -0.4 is 9.47 Å². The van der Waals surface area contributed by atoms with Gasteiger partial charge in [-0.1, -0.05) is 17.7 Å². The Labute approximate surface area is 151 Å². The first kappa shape index (κ1) is 18.1. The van der Waals surface area contributed by atoms with Gasteiger partial charge in [0.15, 0.2) is 5.69 Å². The molecule has 0 atom stereocenters. The quantitative estimate of drug-likeness (QED) is 0.631. The molecule has 0 amide bonds. The second-order valence-corrected chi connectivity index (χ2v) is 5.74.